The van der Waals surface area contributed by atoms with Crippen LogP contribution in [0.15, 0.2) is 24.3 Å². The number of rotatable bonds is 2. The second-order valence-corrected chi connectivity index (χ2v) is 2.02. The molecule has 12 heavy (non-hydrogen) atoms. The molecule has 1 aromatic carbocycles. The van der Waals surface area contributed by atoms with Crippen LogP contribution in [0, 0.1) is 6.07 Å². The van der Waals surface area contributed by atoms with Gasteiger partial charge in [-0.2, -0.15) is 0 Å². The van der Waals surface area contributed by atoms with Crippen molar-refractivity contribution in [3.8, 4) is 5.75 Å². The summed E-state index contributed by atoms with van der Waals surface area (Å²) in [6.45, 7) is 2.04. The first kappa shape index (κ1) is 8.59. The Hall–Kier alpha value is -1.51. The molecule has 1 rings (SSSR count). The molecule has 0 amide bonds. The smallest absolute Gasteiger partial charge is 0.434 e. The fraction of sp³-hybridized carbons (Fsp3) is 0.222. The maximum absolute atomic E-state index is 10.8. The number of carbonyl (C=O) groups excluding carboxylic acids is 1. The zero-order valence-corrected chi connectivity index (χ0v) is 6.74. The normalized spacial score (nSPS) is 9.08. The highest BCUT2D eigenvalue weighted by Crippen LogP contribution is 2.08. The monoisotopic (exact) mass is 165 g/mol. The third-order valence-corrected chi connectivity index (χ3v) is 1.14. The molecule has 63 valence electrons. The van der Waals surface area contributed by atoms with Crippen molar-refractivity contribution < 1.29 is 14.3 Å². The van der Waals surface area contributed by atoms with Gasteiger partial charge in [-0.3, -0.25) is 0 Å². The van der Waals surface area contributed by atoms with E-state index in [-0.39, 0.29) is 0 Å². The van der Waals surface area contributed by atoms with Crippen molar-refractivity contribution in [3.63, 3.8) is 0 Å². The lowest BCUT2D eigenvalue weighted by Gasteiger charge is -2.02. The van der Waals surface area contributed by atoms with Gasteiger partial charge >= 0.3 is 6.16 Å². The van der Waals surface area contributed by atoms with Gasteiger partial charge in [-0.1, -0.05) is 12.1 Å². The second kappa shape index (κ2) is 4.38. The Labute approximate surface area is 70.9 Å². The van der Waals surface area contributed by atoms with Crippen LogP contribution in [0.3, 0.4) is 0 Å². The predicted molar refractivity (Wildman–Crippen MR) is 42.9 cm³/mol. The van der Waals surface area contributed by atoms with Crippen LogP contribution in [0.5, 0.6) is 5.75 Å². The molecule has 0 heterocycles. The summed E-state index contributed by atoms with van der Waals surface area (Å²) in [5.41, 5.74) is 0. The minimum absolute atomic E-state index is 0.315. The first-order valence-corrected chi connectivity index (χ1v) is 3.63. The molecule has 0 saturated carbocycles. The molecule has 0 aliphatic heterocycles. The van der Waals surface area contributed by atoms with Gasteiger partial charge in [0.25, 0.3) is 0 Å². The maximum Gasteiger partial charge on any atom is 0.513 e. The van der Waals surface area contributed by atoms with Crippen LogP contribution in [0.1, 0.15) is 6.92 Å². The molecule has 3 heteroatoms. The SMILES string of the molecule is CCOC(=O)Oc1c[c]ccc1. The van der Waals surface area contributed by atoms with Crippen molar-refractivity contribution in [1.82, 2.24) is 0 Å². The first-order valence-electron chi connectivity index (χ1n) is 3.63. The van der Waals surface area contributed by atoms with E-state index in [2.05, 4.69) is 10.8 Å². The van der Waals surface area contributed by atoms with Crippen LogP contribution >= 0.6 is 0 Å². The number of ether oxygens (including phenoxy) is 2. The summed E-state index contributed by atoms with van der Waals surface area (Å²) in [5, 5.41) is 0. The van der Waals surface area contributed by atoms with Gasteiger partial charge in [0.2, 0.25) is 0 Å². The third-order valence-electron chi connectivity index (χ3n) is 1.14. The molecule has 1 radical (unpaired) electrons. The highest BCUT2D eigenvalue weighted by Gasteiger charge is 2.02. The van der Waals surface area contributed by atoms with Crippen molar-refractivity contribution in [2.75, 3.05) is 6.61 Å². The van der Waals surface area contributed by atoms with Crippen LogP contribution in [0.4, 0.5) is 4.79 Å². The number of benzene rings is 1. The van der Waals surface area contributed by atoms with E-state index in [0.29, 0.717) is 12.4 Å². The van der Waals surface area contributed by atoms with E-state index < -0.39 is 6.16 Å². The maximum atomic E-state index is 10.8. The van der Waals surface area contributed by atoms with Crippen LogP contribution < -0.4 is 4.74 Å². The van der Waals surface area contributed by atoms with Crippen LogP contribution in [-0.2, 0) is 4.74 Å². The highest BCUT2D eigenvalue weighted by atomic mass is 16.7. The van der Waals surface area contributed by atoms with Crippen LogP contribution in [0.2, 0.25) is 0 Å². The molecule has 0 atom stereocenters. The van der Waals surface area contributed by atoms with Gasteiger partial charge in [0.05, 0.1) is 6.61 Å². The molecule has 0 N–H and O–H groups in total. The minimum atomic E-state index is -0.683. The average Bonchev–Trinajstić information content (AvgIpc) is 2.06. The lowest BCUT2D eigenvalue weighted by molar-refractivity contribution is 0.104. The molecule has 0 bridgehead atoms. The quantitative estimate of drug-likeness (QED) is 0.496. The molecule has 0 aromatic heterocycles. The lowest BCUT2D eigenvalue weighted by Crippen LogP contribution is -2.09. The van der Waals surface area contributed by atoms with Crippen molar-refractivity contribution >= 4 is 6.16 Å². The summed E-state index contributed by atoms with van der Waals surface area (Å²) < 4.78 is 9.33. The summed E-state index contributed by atoms with van der Waals surface area (Å²) in [7, 11) is 0. The van der Waals surface area contributed by atoms with Crippen molar-refractivity contribution in [2.45, 2.75) is 6.92 Å². The topological polar surface area (TPSA) is 35.5 Å². The Morgan fingerprint density at radius 2 is 2.50 bits per heavy atom. The number of hydrogen-bond donors (Lipinski definition) is 0. The summed E-state index contributed by atoms with van der Waals surface area (Å²) in [6.07, 6.45) is -0.683. The van der Waals surface area contributed by atoms with Gasteiger partial charge in [-0.15, -0.1) is 0 Å². The number of carbonyl (C=O) groups is 1. The van der Waals surface area contributed by atoms with Crippen LogP contribution in [0.25, 0.3) is 0 Å². The van der Waals surface area contributed by atoms with Crippen molar-refractivity contribution in [2.24, 2.45) is 0 Å². The van der Waals surface area contributed by atoms with E-state index in [0.717, 1.165) is 0 Å². The molecule has 0 unspecified atom stereocenters. The predicted octanol–water partition coefficient (Wildman–Crippen LogP) is 2.02. The molecular formula is C9H9O3. The highest BCUT2D eigenvalue weighted by molar-refractivity contribution is 5.63. The van der Waals surface area contributed by atoms with Crippen molar-refractivity contribution in [3.05, 3.63) is 30.3 Å². The standard InChI is InChI=1S/C9H9O3/c1-2-11-9(10)12-8-6-4-3-5-7-8/h3-4,6-7H,2H2,1H3. The zero-order chi connectivity index (χ0) is 8.81. The Balaban J connectivity index is 2.47. The van der Waals surface area contributed by atoms with Crippen LogP contribution in [-0.4, -0.2) is 12.8 Å². The molecule has 3 nitrogen and oxygen atoms in total. The molecule has 1 aromatic rings. The van der Waals surface area contributed by atoms with Gasteiger partial charge in [0, 0.05) is 0 Å². The molecule has 0 spiro atoms. The zero-order valence-electron chi connectivity index (χ0n) is 6.74. The Kier molecular flexibility index (Phi) is 3.14. The van der Waals surface area contributed by atoms with E-state index in [4.69, 9.17) is 4.74 Å². The molecule has 0 aliphatic carbocycles. The van der Waals surface area contributed by atoms with Gasteiger partial charge < -0.3 is 9.47 Å². The van der Waals surface area contributed by atoms with E-state index in [1.807, 2.05) is 0 Å². The minimum Gasteiger partial charge on any atom is -0.434 e. The largest absolute Gasteiger partial charge is 0.513 e. The van der Waals surface area contributed by atoms with Gasteiger partial charge in [-0.05, 0) is 25.1 Å². The fourth-order valence-electron chi connectivity index (χ4n) is 0.684. The fourth-order valence-corrected chi connectivity index (χ4v) is 0.684. The second-order valence-electron chi connectivity index (χ2n) is 2.02. The van der Waals surface area contributed by atoms with E-state index in [1.165, 1.54) is 0 Å². The summed E-state index contributed by atoms with van der Waals surface area (Å²) in [4.78, 5) is 10.8. The van der Waals surface area contributed by atoms with Crippen molar-refractivity contribution in [1.29, 1.82) is 0 Å². The van der Waals surface area contributed by atoms with Gasteiger partial charge in [-0.25, -0.2) is 4.79 Å². The summed E-state index contributed by atoms with van der Waals surface area (Å²) in [5.74, 6) is 0.441. The molecular weight excluding hydrogens is 156 g/mol. The van der Waals surface area contributed by atoms with E-state index in [9.17, 15) is 4.79 Å². The van der Waals surface area contributed by atoms with E-state index in [1.54, 1.807) is 31.2 Å². The first-order chi connectivity index (χ1) is 5.83. The molecule has 0 saturated heterocycles. The Morgan fingerprint density at radius 3 is 3.08 bits per heavy atom. The lowest BCUT2D eigenvalue weighted by atomic mass is 10.3. The Bertz CT molecular complexity index is 243. The third kappa shape index (κ3) is 2.62. The number of hydrogen-bond acceptors (Lipinski definition) is 3. The molecule has 0 fully saturated rings. The summed E-state index contributed by atoms with van der Waals surface area (Å²) >= 11 is 0. The summed E-state index contributed by atoms with van der Waals surface area (Å²) in [6, 6.07) is 9.45. The van der Waals surface area contributed by atoms with Gasteiger partial charge in [0.1, 0.15) is 5.75 Å². The van der Waals surface area contributed by atoms with Gasteiger partial charge in [0.15, 0.2) is 0 Å². The molecule has 0 aliphatic rings. The Morgan fingerprint density at radius 1 is 1.67 bits per heavy atom. The van der Waals surface area contributed by atoms with E-state index >= 15 is 0 Å². The average molecular weight is 165 g/mol.